The Hall–Kier alpha value is -3.29. The number of rotatable bonds is 4. The second kappa shape index (κ2) is 7.85. The van der Waals surface area contributed by atoms with E-state index < -0.39 is 0 Å². The average Bonchev–Trinajstić information content (AvgIpc) is 3.40. The van der Waals surface area contributed by atoms with Gasteiger partial charge in [0.2, 0.25) is 18.6 Å². The summed E-state index contributed by atoms with van der Waals surface area (Å²) in [7, 11) is 0. The summed E-state index contributed by atoms with van der Waals surface area (Å²) in [5.74, 6) is 2.21. The van der Waals surface area contributed by atoms with Crippen molar-refractivity contribution in [3.05, 3.63) is 48.2 Å². The highest BCUT2D eigenvalue weighted by molar-refractivity contribution is 5.89. The highest BCUT2D eigenvalue weighted by Crippen LogP contribution is 2.33. The van der Waals surface area contributed by atoms with E-state index in [1.165, 1.54) is 0 Å². The van der Waals surface area contributed by atoms with Gasteiger partial charge in [0.1, 0.15) is 5.82 Å². The number of piperazine rings is 1. The number of anilines is 1. The van der Waals surface area contributed by atoms with Gasteiger partial charge in [0.05, 0.1) is 5.92 Å². The minimum atomic E-state index is -0.270. The van der Waals surface area contributed by atoms with Crippen LogP contribution in [0.2, 0.25) is 0 Å². The molecular weight excluding hydrogens is 384 g/mol. The zero-order valence-electron chi connectivity index (χ0n) is 16.7. The van der Waals surface area contributed by atoms with Crippen LogP contribution in [0.1, 0.15) is 12.0 Å². The number of amides is 2. The molecule has 2 aromatic rings. The van der Waals surface area contributed by atoms with Crippen LogP contribution >= 0.6 is 0 Å². The van der Waals surface area contributed by atoms with Gasteiger partial charge in [-0.3, -0.25) is 9.59 Å². The van der Waals surface area contributed by atoms with Crippen LogP contribution in [0.3, 0.4) is 0 Å². The molecule has 0 radical (unpaired) electrons. The topological polar surface area (TPSA) is 75.2 Å². The molecule has 30 heavy (non-hydrogen) atoms. The SMILES string of the molecule is O=C1CC(C(=O)N2CCN(c3ccccn3)CC2)CN1Cc1ccc2c(c1)OCO2. The highest BCUT2D eigenvalue weighted by Gasteiger charge is 2.37. The second-order valence-electron chi connectivity index (χ2n) is 7.86. The lowest BCUT2D eigenvalue weighted by molar-refractivity contribution is -0.136. The van der Waals surface area contributed by atoms with Crippen LogP contribution in [0.4, 0.5) is 5.82 Å². The zero-order valence-corrected chi connectivity index (χ0v) is 16.7. The molecular formula is C22H24N4O4. The van der Waals surface area contributed by atoms with Crippen LogP contribution in [-0.2, 0) is 16.1 Å². The Labute approximate surface area is 175 Å². The van der Waals surface area contributed by atoms with Gasteiger partial charge < -0.3 is 24.2 Å². The number of carbonyl (C=O) groups is 2. The molecule has 3 aliphatic heterocycles. The molecule has 8 nitrogen and oxygen atoms in total. The maximum absolute atomic E-state index is 13.0. The fraction of sp³-hybridized carbons (Fsp3) is 0.409. The first-order valence-corrected chi connectivity index (χ1v) is 10.3. The molecule has 1 aromatic carbocycles. The Morgan fingerprint density at radius 1 is 1.07 bits per heavy atom. The summed E-state index contributed by atoms with van der Waals surface area (Å²) in [6.45, 7) is 3.99. The third kappa shape index (κ3) is 3.65. The molecule has 1 aromatic heterocycles. The number of fused-ring (bicyclic) bond motifs is 1. The normalized spacial score (nSPS) is 20.7. The molecule has 8 heteroatoms. The standard InChI is InChI=1S/C22H24N4O4/c27-21-12-17(14-26(21)13-16-4-5-18-19(11-16)30-15-29-18)22(28)25-9-7-24(8-10-25)20-3-1-2-6-23-20/h1-6,11,17H,7-10,12-15H2. The number of nitrogens with zero attached hydrogens (tertiary/aromatic N) is 4. The fourth-order valence-corrected chi connectivity index (χ4v) is 4.31. The van der Waals surface area contributed by atoms with Crippen LogP contribution in [0.5, 0.6) is 11.5 Å². The molecule has 3 aliphatic rings. The number of carbonyl (C=O) groups excluding carboxylic acids is 2. The summed E-state index contributed by atoms with van der Waals surface area (Å²) < 4.78 is 10.8. The van der Waals surface area contributed by atoms with Crippen LogP contribution in [0.25, 0.3) is 0 Å². The third-order valence-electron chi connectivity index (χ3n) is 5.94. The number of benzene rings is 1. The van der Waals surface area contributed by atoms with E-state index in [0.717, 1.165) is 30.2 Å². The van der Waals surface area contributed by atoms with Crippen molar-refractivity contribution in [2.75, 3.05) is 44.4 Å². The van der Waals surface area contributed by atoms with Crippen LogP contribution in [-0.4, -0.2) is 66.1 Å². The lowest BCUT2D eigenvalue weighted by Crippen LogP contribution is -2.50. The predicted molar refractivity (Wildman–Crippen MR) is 109 cm³/mol. The van der Waals surface area contributed by atoms with E-state index in [4.69, 9.17) is 9.47 Å². The van der Waals surface area contributed by atoms with Crippen molar-refractivity contribution in [1.29, 1.82) is 0 Å². The Balaban J connectivity index is 1.17. The van der Waals surface area contributed by atoms with Gasteiger partial charge in [0, 0.05) is 51.9 Å². The first-order valence-electron chi connectivity index (χ1n) is 10.3. The van der Waals surface area contributed by atoms with E-state index in [0.29, 0.717) is 31.9 Å². The van der Waals surface area contributed by atoms with Crippen molar-refractivity contribution in [2.45, 2.75) is 13.0 Å². The molecule has 0 spiro atoms. The minimum Gasteiger partial charge on any atom is -0.454 e. The summed E-state index contributed by atoms with van der Waals surface area (Å²) in [4.78, 5) is 35.8. The van der Waals surface area contributed by atoms with E-state index in [1.807, 2.05) is 41.3 Å². The maximum atomic E-state index is 13.0. The number of ether oxygens (including phenoxy) is 2. The molecule has 4 heterocycles. The van der Waals surface area contributed by atoms with E-state index in [-0.39, 0.29) is 30.9 Å². The van der Waals surface area contributed by atoms with Gasteiger partial charge in [-0.2, -0.15) is 0 Å². The summed E-state index contributed by atoms with van der Waals surface area (Å²) in [6, 6.07) is 11.6. The zero-order chi connectivity index (χ0) is 20.5. The molecule has 0 bridgehead atoms. The van der Waals surface area contributed by atoms with Gasteiger partial charge in [-0.25, -0.2) is 4.98 Å². The first kappa shape index (κ1) is 18.7. The van der Waals surface area contributed by atoms with Crippen LogP contribution in [0, 0.1) is 5.92 Å². The second-order valence-corrected chi connectivity index (χ2v) is 7.86. The van der Waals surface area contributed by atoms with Gasteiger partial charge in [0.15, 0.2) is 11.5 Å². The summed E-state index contributed by atoms with van der Waals surface area (Å²) >= 11 is 0. The smallest absolute Gasteiger partial charge is 0.231 e. The number of aromatic nitrogens is 1. The average molecular weight is 408 g/mol. The Kier molecular flexibility index (Phi) is 4.90. The Morgan fingerprint density at radius 2 is 1.90 bits per heavy atom. The van der Waals surface area contributed by atoms with E-state index in [1.54, 1.807) is 11.1 Å². The fourth-order valence-electron chi connectivity index (χ4n) is 4.31. The first-order chi connectivity index (χ1) is 14.7. The number of pyridine rings is 1. The predicted octanol–water partition coefficient (Wildman–Crippen LogP) is 1.51. The summed E-state index contributed by atoms with van der Waals surface area (Å²) in [6.07, 6.45) is 2.07. The van der Waals surface area contributed by atoms with Gasteiger partial charge in [-0.05, 0) is 29.8 Å². The highest BCUT2D eigenvalue weighted by atomic mass is 16.7. The monoisotopic (exact) mass is 408 g/mol. The van der Waals surface area contributed by atoms with Crippen LogP contribution in [0.15, 0.2) is 42.6 Å². The van der Waals surface area contributed by atoms with Crippen molar-refractivity contribution in [3.8, 4) is 11.5 Å². The molecule has 0 saturated carbocycles. The molecule has 5 rings (SSSR count). The molecule has 156 valence electrons. The third-order valence-corrected chi connectivity index (χ3v) is 5.94. The van der Waals surface area contributed by atoms with Crippen molar-refractivity contribution in [2.24, 2.45) is 5.92 Å². The molecule has 0 N–H and O–H groups in total. The van der Waals surface area contributed by atoms with Crippen molar-refractivity contribution < 1.29 is 19.1 Å². The number of hydrogen-bond donors (Lipinski definition) is 0. The van der Waals surface area contributed by atoms with Crippen LogP contribution < -0.4 is 14.4 Å². The van der Waals surface area contributed by atoms with E-state index >= 15 is 0 Å². The summed E-state index contributed by atoms with van der Waals surface area (Å²) in [5, 5.41) is 0. The quantitative estimate of drug-likeness (QED) is 0.764. The Bertz CT molecular complexity index is 943. The Morgan fingerprint density at radius 3 is 2.70 bits per heavy atom. The molecule has 2 fully saturated rings. The van der Waals surface area contributed by atoms with E-state index in [2.05, 4.69) is 9.88 Å². The molecule has 1 unspecified atom stereocenters. The van der Waals surface area contributed by atoms with Crippen molar-refractivity contribution >= 4 is 17.6 Å². The largest absolute Gasteiger partial charge is 0.454 e. The van der Waals surface area contributed by atoms with Gasteiger partial charge in [0.25, 0.3) is 0 Å². The maximum Gasteiger partial charge on any atom is 0.231 e. The molecule has 2 saturated heterocycles. The van der Waals surface area contributed by atoms with Crippen molar-refractivity contribution in [3.63, 3.8) is 0 Å². The van der Waals surface area contributed by atoms with E-state index in [9.17, 15) is 9.59 Å². The minimum absolute atomic E-state index is 0.0261. The summed E-state index contributed by atoms with van der Waals surface area (Å²) in [5.41, 5.74) is 0.977. The molecule has 0 aliphatic carbocycles. The molecule has 1 atom stereocenters. The van der Waals surface area contributed by atoms with Gasteiger partial charge in [-0.1, -0.05) is 12.1 Å². The lowest BCUT2D eigenvalue weighted by atomic mass is 10.1. The van der Waals surface area contributed by atoms with Crippen molar-refractivity contribution in [1.82, 2.24) is 14.8 Å². The lowest BCUT2D eigenvalue weighted by Gasteiger charge is -2.36. The van der Waals surface area contributed by atoms with Gasteiger partial charge >= 0.3 is 0 Å². The van der Waals surface area contributed by atoms with Gasteiger partial charge in [-0.15, -0.1) is 0 Å². The number of hydrogen-bond acceptors (Lipinski definition) is 6. The molecule has 2 amide bonds. The number of likely N-dealkylation sites (tertiary alicyclic amines) is 1.